The van der Waals surface area contributed by atoms with Gasteiger partial charge in [0.1, 0.15) is 5.82 Å². The predicted molar refractivity (Wildman–Crippen MR) is 94.7 cm³/mol. The molecule has 122 valence electrons. The number of rotatable bonds is 6. The van der Waals surface area contributed by atoms with Crippen molar-refractivity contribution < 1.29 is 9.53 Å². The average molecular weight is 321 g/mol. The number of hydrogen-bond acceptors (Lipinski definition) is 5. The van der Waals surface area contributed by atoms with Crippen LogP contribution in [0.2, 0.25) is 0 Å². The van der Waals surface area contributed by atoms with Crippen molar-refractivity contribution in [3.63, 3.8) is 0 Å². The molecule has 0 bridgehead atoms. The Labute approximate surface area is 140 Å². The van der Waals surface area contributed by atoms with Crippen LogP contribution in [-0.2, 0) is 9.53 Å². The number of esters is 1. The van der Waals surface area contributed by atoms with Gasteiger partial charge in [0.15, 0.2) is 0 Å². The third-order valence-electron chi connectivity index (χ3n) is 3.86. The van der Waals surface area contributed by atoms with E-state index in [1.807, 2.05) is 30.5 Å². The zero-order valence-corrected chi connectivity index (χ0v) is 13.5. The van der Waals surface area contributed by atoms with Crippen LogP contribution >= 0.6 is 0 Å². The summed E-state index contributed by atoms with van der Waals surface area (Å²) in [6.45, 7) is 0.667. The van der Waals surface area contributed by atoms with E-state index in [9.17, 15) is 4.79 Å². The molecule has 0 amide bonds. The van der Waals surface area contributed by atoms with E-state index in [4.69, 9.17) is 0 Å². The van der Waals surface area contributed by atoms with Crippen molar-refractivity contribution in [2.45, 2.75) is 12.8 Å². The van der Waals surface area contributed by atoms with Crippen molar-refractivity contribution in [3.8, 4) is 11.1 Å². The zero-order chi connectivity index (χ0) is 16.8. The molecule has 1 aromatic carbocycles. The van der Waals surface area contributed by atoms with Crippen LogP contribution in [0.25, 0.3) is 21.9 Å². The van der Waals surface area contributed by atoms with E-state index in [0.29, 0.717) is 19.4 Å². The molecule has 5 heteroatoms. The van der Waals surface area contributed by atoms with Gasteiger partial charge in [-0.25, -0.2) is 4.98 Å². The molecule has 24 heavy (non-hydrogen) atoms. The number of pyridine rings is 2. The zero-order valence-electron chi connectivity index (χ0n) is 13.5. The van der Waals surface area contributed by atoms with E-state index < -0.39 is 0 Å². The second kappa shape index (κ2) is 7.55. The summed E-state index contributed by atoms with van der Waals surface area (Å²) in [5, 5.41) is 5.51. The fraction of sp³-hybridized carbons (Fsp3) is 0.211. The van der Waals surface area contributed by atoms with Crippen molar-refractivity contribution in [3.05, 3.63) is 55.0 Å². The molecule has 0 fully saturated rings. The third kappa shape index (κ3) is 3.51. The van der Waals surface area contributed by atoms with E-state index in [2.05, 4.69) is 32.2 Å². The fourth-order valence-electron chi connectivity index (χ4n) is 2.64. The SMILES string of the molecule is COC(=O)CCCNc1ncc(-c2ccncc2)c2ccccc12. The highest BCUT2D eigenvalue weighted by Gasteiger charge is 2.09. The smallest absolute Gasteiger partial charge is 0.305 e. The van der Waals surface area contributed by atoms with Crippen LogP contribution in [0.15, 0.2) is 55.0 Å². The number of hydrogen-bond donors (Lipinski definition) is 1. The van der Waals surface area contributed by atoms with E-state index in [-0.39, 0.29) is 5.97 Å². The number of methoxy groups -OCH3 is 1. The number of carbonyl (C=O) groups excluding carboxylic acids is 1. The first-order valence-corrected chi connectivity index (χ1v) is 7.88. The number of nitrogens with one attached hydrogen (secondary N) is 1. The van der Waals surface area contributed by atoms with E-state index in [0.717, 1.165) is 27.7 Å². The standard InChI is InChI=1S/C19H19N3O2/c1-24-18(23)7-4-10-21-19-16-6-3-2-5-15(16)17(13-22-19)14-8-11-20-12-9-14/h2-3,5-6,8-9,11-13H,4,7,10H2,1H3,(H,21,22). The molecule has 0 saturated heterocycles. The van der Waals surface area contributed by atoms with Gasteiger partial charge in [0.05, 0.1) is 7.11 Å². The number of fused-ring (bicyclic) bond motifs is 1. The summed E-state index contributed by atoms with van der Waals surface area (Å²) >= 11 is 0. The van der Waals surface area contributed by atoms with Gasteiger partial charge in [-0.05, 0) is 29.5 Å². The average Bonchev–Trinajstić information content (AvgIpc) is 2.65. The minimum Gasteiger partial charge on any atom is -0.469 e. The molecule has 0 saturated carbocycles. The summed E-state index contributed by atoms with van der Waals surface area (Å²) in [6.07, 6.45) is 6.54. The van der Waals surface area contributed by atoms with Gasteiger partial charge in [-0.1, -0.05) is 24.3 Å². The van der Waals surface area contributed by atoms with E-state index >= 15 is 0 Å². The molecule has 2 aromatic heterocycles. The topological polar surface area (TPSA) is 64.1 Å². The molecule has 3 aromatic rings. The number of benzene rings is 1. The van der Waals surface area contributed by atoms with Crippen LogP contribution in [0, 0.1) is 0 Å². The van der Waals surface area contributed by atoms with Gasteiger partial charge in [0.2, 0.25) is 0 Å². The van der Waals surface area contributed by atoms with Gasteiger partial charge in [0.25, 0.3) is 0 Å². The Bertz CT molecular complexity index is 834. The molecule has 1 N–H and O–H groups in total. The lowest BCUT2D eigenvalue weighted by Crippen LogP contribution is -2.08. The van der Waals surface area contributed by atoms with E-state index in [1.165, 1.54) is 7.11 Å². The summed E-state index contributed by atoms with van der Waals surface area (Å²) in [7, 11) is 1.41. The molecule has 2 heterocycles. The minimum atomic E-state index is -0.192. The highest BCUT2D eigenvalue weighted by molar-refractivity contribution is 6.01. The van der Waals surface area contributed by atoms with Gasteiger partial charge in [-0.3, -0.25) is 9.78 Å². The molecule has 0 spiro atoms. The first-order chi connectivity index (χ1) is 11.8. The maximum atomic E-state index is 11.2. The fourth-order valence-corrected chi connectivity index (χ4v) is 2.64. The summed E-state index contributed by atoms with van der Waals surface area (Å²) in [4.78, 5) is 19.8. The number of aromatic nitrogens is 2. The van der Waals surface area contributed by atoms with Gasteiger partial charge in [-0.2, -0.15) is 0 Å². The molecular weight excluding hydrogens is 302 g/mol. The number of ether oxygens (including phenoxy) is 1. The van der Waals surface area contributed by atoms with Crippen LogP contribution in [0.1, 0.15) is 12.8 Å². The quantitative estimate of drug-likeness (QED) is 0.554. The van der Waals surface area contributed by atoms with E-state index in [1.54, 1.807) is 12.4 Å². The van der Waals surface area contributed by atoms with Crippen molar-refractivity contribution in [1.82, 2.24) is 9.97 Å². The Morgan fingerprint density at radius 1 is 1.12 bits per heavy atom. The lowest BCUT2D eigenvalue weighted by Gasteiger charge is -2.12. The third-order valence-corrected chi connectivity index (χ3v) is 3.86. The number of carbonyl (C=O) groups is 1. The lowest BCUT2D eigenvalue weighted by molar-refractivity contribution is -0.140. The van der Waals surface area contributed by atoms with Crippen molar-refractivity contribution in [2.75, 3.05) is 19.0 Å². The summed E-state index contributed by atoms with van der Waals surface area (Å²) in [5.74, 6) is 0.635. The molecule has 0 aliphatic carbocycles. The van der Waals surface area contributed by atoms with Gasteiger partial charge >= 0.3 is 5.97 Å². The number of nitrogens with zero attached hydrogens (tertiary/aromatic N) is 2. The van der Waals surface area contributed by atoms with Gasteiger partial charge in [-0.15, -0.1) is 0 Å². The normalized spacial score (nSPS) is 10.5. The Balaban J connectivity index is 1.85. The lowest BCUT2D eigenvalue weighted by atomic mass is 10.0. The summed E-state index contributed by atoms with van der Waals surface area (Å²) in [5.41, 5.74) is 2.17. The second-order valence-corrected chi connectivity index (χ2v) is 5.41. The van der Waals surface area contributed by atoms with Crippen LogP contribution in [0.3, 0.4) is 0 Å². The first-order valence-electron chi connectivity index (χ1n) is 7.88. The molecule has 0 aliphatic heterocycles. The minimum absolute atomic E-state index is 0.192. The molecule has 0 aliphatic rings. The predicted octanol–water partition coefficient (Wildman–Crippen LogP) is 3.66. The van der Waals surface area contributed by atoms with Crippen LogP contribution in [0.4, 0.5) is 5.82 Å². The van der Waals surface area contributed by atoms with Crippen LogP contribution in [0.5, 0.6) is 0 Å². The Kier molecular flexibility index (Phi) is 5.01. The number of anilines is 1. The summed E-state index contributed by atoms with van der Waals surface area (Å²) < 4.78 is 4.65. The molecule has 0 atom stereocenters. The second-order valence-electron chi connectivity index (χ2n) is 5.41. The van der Waals surface area contributed by atoms with Crippen molar-refractivity contribution in [2.24, 2.45) is 0 Å². The highest BCUT2D eigenvalue weighted by atomic mass is 16.5. The Hall–Kier alpha value is -2.95. The first kappa shape index (κ1) is 15.9. The monoisotopic (exact) mass is 321 g/mol. The van der Waals surface area contributed by atoms with Crippen molar-refractivity contribution >= 4 is 22.6 Å². The maximum absolute atomic E-state index is 11.2. The molecule has 5 nitrogen and oxygen atoms in total. The van der Waals surface area contributed by atoms with Crippen molar-refractivity contribution in [1.29, 1.82) is 0 Å². The largest absolute Gasteiger partial charge is 0.469 e. The molecular formula is C19H19N3O2. The molecule has 0 radical (unpaired) electrons. The Morgan fingerprint density at radius 3 is 2.62 bits per heavy atom. The Morgan fingerprint density at radius 2 is 1.88 bits per heavy atom. The molecule has 3 rings (SSSR count). The highest BCUT2D eigenvalue weighted by Crippen LogP contribution is 2.31. The van der Waals surface area contributed by atoms with Gasteiger partial charge in [0, 0.05) is 42.5 Å². The maximum Gasteiger partial charge on any atom is 0.305 e. The van der Waals surface area contributed by atoms with Crippen LogP contribution in [-0.4, -0.2) is 29.6 Å². The summed E-state index contributed by atoms with van der Waals surface area (Å²) in [6, 6.07) is 12.1. The molecule has 0 unspecified atom stereocenters. The van der Waals surface area contributed by atoms with Crippen LogP contribution < -0.4 is 5.32 Å². The van der Waals surface area contributed by atoms with Gasteiger partial charge < -0.3 is 10.1 Å².